The van der Waals surface area contributed by atoms with Crippen LogP contribution in [0.3, 0.4) is 0 Å². The first-order valence-corrected chi connectivity index (χ1v) is 6.94. The molecule has 0 saturated heterocycles. The van der Waals surface area contributed by atoms with Crippen LogP contribution < -0.4 is 5.32 Å². The molecule has 1 aromatic carbocycles. The summed E-state index contributed by atoms with van der Waals surface area (Å²) in [6, 6.07) is 6.48. The number of halogens is 2. The molecule has 0 spiro atoms. The zero-order chi connectivity index (χ0) is 15.1. The number of rotatable bonds is 2. The summed E-state index contributed by atoms with van der Waals surface area (Å²) < 4.78 is 1.56. The van der Waals surface area contributed by atoms with Crippen molar-refractivity contribution < 1.29 is 9.90 Å². The van der Waals surface area contributed by atoms with Crippen molar-refractivity contribution in [3.8, 4) is 0 Å². The highest BCUT2D eigenvalue weighted by atomic mass is 35.5. The van der Waals surface area contributed by atoms with Crippen LogP contribution in [0, 0.1) is 0 Å². The first-order valence-electron chi connectivity index (χ1n) is 6.18. The van der Waals surface area contributed by atoms with E-state index in [0.29, 0.717) is 21.6 Å². The molecule has 2 N–H and O–H groups in total. The molecule has 1 atom stereocenters. The van der Waals surface area contributed by atoms with Gasteiger partial charge in [0.15, 0.2) is 0 Å². The van der Waals surface area contributed by atoms with Crippen molar-refractivity contribution in [2.24, 2.45) is 0 Å². The normalized spacial score (nSPS) is 17.4. The number of aliphatic carboxylic acids is 1. The van der Waals surface area contributed by atoms with E-state index < -0.39 is 12.0 Å². The predicted octanol–water partition coefficient (Wildman–Crippen LogP) is 3.56. The van der Waals surface area contributed by atoms with Gasteiger partial charge >= 0.3 is 5.97 Å². The van der Waals surface area contributed by atoms with Crippen LogP contribution in [0.5, 0.6) is 0 Å². The summed E-state index contributed by atoms with van der Waals surface area (Å²) in [5.74, 6) is -0.439. The van der Waals surface area contributed by atoms with Crippen molar-refractivity contribution >= 4 is 35.0 Å². The quantitative estimate of drug-likeness (QED) is 0.886. The van der Waals surface area contributed by atoms with Crippen LogP contribution in [0.15, 0.2) is 41.7 Å². The predicted molar refractivity (Wildman–Crippen MR) is 80.8 cm³/mol. The maximum absolute atomic E-state index is 11.6. The minimum atomic E-state index is -1.01. The van der Waals surface area contributed by atoms with Gasteiger partial charge in [-0.15, -0.1) is 0 Å². The monoisotopic (exact) mass is 323 g/mol. The molecule has 21 heavy (non-hydrogen) atoms. The number of hydrogen-bond donors (Lipinski definition) is 2. The largest absolute Gasteiger partial charge is 0.478 e. The summed E-state index contributed by atoms with van der Waals surface area (Å²) in [4.78, 5) is 11.6. The summed E-state index contributed by atoms with van der Waals surface area (Å²) in [5, 5.41) is 17.7. The summed E-state index contributed by atoms with van der Waals surface area (Å²) in [6.07, 6.45) is 1.49. The molecule has 2 aromatic rings. The number of nitrogens with zero attached hydrogens (tertiary/aromatic N) is 2. The lowest BCUT2D eigenvalue weighted by Gasteiger charge is -2.28. The fourth-order valence-electron chi connectivity index (χ4n) is 2.49. The third kappa shape index (κ3) is 2.28. The first kappa shape index (κ1) is 14.0. The van der Waals surface area contributed by atoms with E-state index in [2.05, 4.69) is 10.4 Å². The number of nitrogens with one attached hydrogen (secondary N) is 1. The maximum atomic E-state index is 11.6. The topological polar surface area (TPSA) is 67.1 Å². The standard InChI is InChI=1S/C14H11Cl2N3O2/c1-7-11(14(20)21)12(8-3-2-4-9(15)5-8)19-13(18-7)10(16)6-17-19/h2-6,12,18H,1H3,(H,20,21). The fourth-order valence-corrected chi connectivity index (χ4v) is 2.86. The van der Waals surface area contributed by atoms with Crippen LogP contribution in [0.4, 0.5) is 5.82 Å². The van der Waals surface area contributed by atoms with Gasteiger partial charge in [0, 0.05) is 10.7 Å². The number of carbonyl (C=O) groups is 1. The van der Waals surface area contributed by atoms with Crippen LogP contribution in [0.25, 0.3) is 0 Å². The van der Waals surface area contributed by atoms with E-state index >= 15 is 0 Å². The number of anilines is 1. The van der Waals surface area contributed by atoms with Gasteiger partial charge in [0.05, 0.1) is 11.8 Å². The van der Waals surface area contributed by atoms with E-state index in [1.165, 1.54) is 6.20 Å². The number of fused-ring (bicyclic) bond motifs is 1. The average Bonchev–Trinajstić information content (AvgIpc) is 2.78. The van der Waals surface area contributed by atoms with Crippen LogP contribution >= 0.6 is 23.2 Å². The average molecular weight is 324 g/mol. The van der Waals surface area contributed by atoms with Gasteiger partial charge in [-0.25, -0.2) is 9.48 Å². The first-order chi connectivity index (χ1) is 9.99. The van der Waals surface area contributed by atoms with Gasteiger partial charge in [0.2, 0.25) is 0 Å². The van der Waals surface area contributed by atoms with E-state index in [4.69, 9.17) is 23.2 Å². The molecule has 0 radical (unpaired) electrons. The lowest BCUT2D eigenvalue weighted by Crippen LogP contribution is -2.28. The summed E-state index contributed by atoms with van der Waals surface area (Å²) in [6.45, 7) is 1.70. The molecule has 1 aliphatic rings. The van der Waals surface area contributed by atoms with E-state index in [-0.39, 0.29) is 5.57 Å². The molecule has 108 valence electrons. The molecule has 0 bridgehead atoms. The van der Waals surface area contributed by atoms with Crippen LogP contribution in [0.1, 0.15) is 18.5 Å². The molecule has 0 aliphatic carbocycles. The Bertz CT molecular complexity index is 767. The minimum Gasteiger partial charge on any atom is -0.478 e. The number of aromatic nitrogens is 2. The van der Waals surface area contributed by atoms with E-state index in [1.807, 2.05) is 6.07 Å². The maximum Gasteiger partial charge on any atom is 0.335 e. The Balaban J connectivity index is 2.24. The molecule has 5 nitrogen and oxygen atoms in total. The molecule has 3 rings (SSSR count). The molecule has 1 aromatic heterocycles. The van der Waals surface area contributed by atoms with E-state index in [1.54, 1.807) is 29.8 Å². The van der Waals surface area contributed by atoms with Gasteiger partial charge in [-0.1, -0.05) is 35.3 Å². The summed E-state index contributed by atoms with van der Waals surface area (Å²) in [5.41, 5.74) is 1.48. The summed E-state index contributed by atoms with van der Waals surface area (Å²) >= 11 is 12.1. The molecule has 7 heteroatoms. The van der Waals surface area contributed by atoms with Crippen molar-refractivity contribution in [1.82, 2.24) is 9.78 Å². The third-order valence-electron chi connectivity index (χ3n) is 3.37. The summed E-state index contributed by atoms with van der Waals surface area (Å²) in [7, 11) is 0. The molecular formula is C14H11Cl2N3O2. The van der Waals surface area contributed by atoms with Crippen LogP contribution in [-0.2, 0) is 4.79 Å². The Labute approximate surface area is 130 Å². The minimum absolute atomic E-state index is 0.213. The van der Waals surface area contributed by atoms with Crippen molar-refractivity contribution in [3.05, 3.63) is 57.3 Å². The Kier molecular flexibility index (Phi) is 3.39. The van der Waals surface area contributed by atoms with Crippen molar-refractivity contribution in [2.75, 3.05) is 5.32 Å². The van der Waals surface area contributed by atoms with Gasteiger partial charge in [-0.05, 0) is 24.6 Å². The Hall–Kier alpha value is -1.98. The van der Waals surface area contributed by atoms with E-state index in [0.717, 1.165) is 5.56 Å². The van der Waals surface area contributed by atoms with E-state index in [9.17, 15) is 9.90 Å². The lowest BCUT2D eigenvalue weighted by atomic mass is 9.96. The molecule has 1 unspecified atom stereocenters. The zero-order valence-electron chi connectivity index (χ0n) is 11.0. The number of benzene rings is 1. The van der Waals surface area contributed by atoms with Gasteiger partial charge in [-0.3, -0.25) is 0 Å². The highest BCUT2D eigenvalue weighted by molar-refractivity contribution is 6.33. The lowest BCUT2D eigenvalue weighted by molar-refractivity contribution is -0.133. The second-order valence-corrected chi connectivity index (χ2v) is 5.56. The van der Waals surface area contributed by atoms with Gasteiger partial charge in [0.25, 0.3) is 0 Å². The second kappa shape index (κ2) is 5.09. The van der Waals surface area contributed by atoms with Gasteiger partial charge in [0.1, 0.15) is 16.9 Å². The molecule has 2 heterocycles. The van der Waals surface area contributed by atoms with Crippen molar-refractivity contribution in [3.63, 3.8) is 0 Å². The smallest absolute Gasteiger partial charge is 0.335 e. The Morgan fingerprint density at radius 1 is 1.43 bits per heavy atom. The number of allylic oxidation sites excluding steroid dienone is 1. The number of carboxylic acid groups (broad SMARTS) is 1. The van der Waals surface area contributed by atoms with Crippen molar-refractivity contribution in [1.29, 1.82) is 0 Å². The highest BCUT2D eigenvalue weighted by Gasteiger charge is 2.33. The van der Waals surface area contributed by atoms with Crippen LogP contribution in [-0.4, -0.2) is 20.9 Å². The number of carboxylic acids is 1. The highest BCUT2D eigenvalue weighted by Crippen LogP contribution is 2.39. The van der Waals surface area contributed by atoms with Gasteiger partial charge < -0.3 is 10.4 Å². The third-order valence-corrected chi connectivity index (χ3v) is 3.89. The number of hydrogen-bond acceptors (Lipinski definition) is 3. The zero-order valence-corrected chi connectivity index (χ0v) is 12.5. The molecule has 0 amide bonds. The second-order valence-electron chi connectivity index (χ2n) is 4.71. The Morgan fingerprint density at radius 3 is 2.86 bits per heavy atom. The molecular weight excluding hydrogens is 313 g/mol. The Morgan fingerprint density at radius 2 is 2.19 bits per heavy atom. The van der Waals surface area contributed by atoms with Gasteiger partial charge in [-0.2, -0.15) is 5.10 Å². The molecule has 1 aliphatic heterocycles. The van der Waals surface area contributed by atoms with Crippen molar-refractivity contribution in [2.45, 2.75) is 13.0 Å². The fraction of sp³-hybridized carbons (Fsp3) is 0.143. The SMILES string of the molecule is CC1=C(C(=O)O)C(c2cccc(Cl)c2)n2ncc(Cl)c2N1. The van der Waals surface area contributed by atoms with Crippen LogP contribution in [0.2, 0.25) is 10.0 Å². The molecule has 0 fully saturated rings. The molecule has 0 saturated carbocycles.